The highest BCUT2D eigenvalue weighted by molar-refractivity contribution is 5.23. The molecule has 0 saturated heterocycles. The average molecular weight is 191 g/mol. The first-order valence-corrected chi connectivity index (χ1v) is 5.21. The van der Waals surface area contributed by atoms with Gasteiger partial charge < -0.3 is 5.73 Å². The lowest BCUT2D eigenvalue weighted by Gasteiger charge is -2.23. The van der Waals surface area contributed by atoms with Crippen LogP contribution in [0.2, 0.25) is 0 Å². The molecule has 0 saturated carbocycles. The Morgan fingerprint density at radius 1 is 1.14 bits per heavy atom. The molecule has 1 heteroatoms. The van der Waals surface area contributed by atoms with Crippen LogP contribution in [0.1, 0.15) is 44.4 Å². The van der Waals surface area contributed by atoms with Crippen LogP contribution in [0.15, 0.2) is 24.3 Å². The van der Waals surface area contributed by atoms with Crippen LogP contribution in [0.5, 0.6) is 0 Å². The van der Waals surface area contributed by atoms with E-state index in [-0.39, 0.29) is 6.04 Å². The van der Waals surface area contributed by atoms with E-state index in [2.05, 4.69) is 52.0 Å². The lowest BCUT2D eigenvalue weighted by atomic mass is 9.86. The Morgan fingerprint density at radius 3 is 2.07 bits per heavy atom. The molecule has 1 nitrogen and oxygen atoms in total. The van der Waals surface area contributed by atoms with Crippen LogP contribution in [-0.4, -0.2) is 0 Å². The Labute approximate surface area is 87.3 Å². The van der Waals surface area contributed by atoms with Crippen molar-refractivity contribution in [2.45, 2.75) is 40.2 Å². The second kappa shape index (κ2) is 4.14. The lowest BCUT2D eigenvalue weighted by Crippen LogP contribution is -2.18. The molecule has 1 unspecified atom stereocenters. The summed E-state index contributed by atoms with van der Waals surface area (Å²) in [6.07, 6.45) is 1.02. The van der Waals surface area contributed by atoms with E-state index < -0.39 is 0 Å². The molecule has 0 aliphatic rings. The van der Waals surface area contributed by atoms with E-state index in [1.165, 1.54) is 11.1 Å². The first-order chi connectivity index (χ1) is 6.38. The number of aryl methyl sites for hydroxylation is 1. The Morgan fingerprint density at radius 2 is 1.64 bits per heavy atom. The normalized spacial score (nSPS) is 14.1. The zero-order chi connectivity index (χ0) is 10.8. The van der Waals surface area contributed by atoms with Crippen LogP contribution in [0.3, 0.4) is 0 Å². The fraction of sp³-hybridized carbons (Fsp3) is 0.538. The van der Waals surface area contributed by atoms with E-state index in [9.17, 15) is 0 Å². The van der Waals surface area contributed by atoms with Gasteiger partial charge in [-0.2, -0.15) is 0 Å². The minimum Gasteiger partial charge on any atom is -0.324 e. The van der Waals surface area contributed by atoms with Crippen molar-refractivity contribution in [2.75, 3.05) is 0 Å². The molecule has 1 rings (SSSR count). The van der Waals surface area contributed by atoms with E-state index in [1.807, 2.05) is 0 Å². The molecule has 1 aromatic rings. The van der Waals surface area contributed by atoms with Crippen molar-refractivity contribution in [3.8, 4) is 0 Å². The number of hydrogen-bond acceptors (Lipinski definition) is 1. The first kappa shape index (κ1) is 11.3. The number of nitrogens with two attached hydrogens (primary N) is 1. The van der Waals surface area contributed by atoms with Crippen molar-refractivity contribution in [2.24, 2.45) is 11.1 Å². The van der Waals surface area contributed by atoms with Gasteiger partial charge in [0.05, 0.1) is 0 Å². The van der Waals surface area contributed by atoms with Crippen molar-refractivity contribution < 1.29 is 0 Å². The van der Waals surface area contributed by atoms with Gasteiger partial charge in [0, 0.05) is 6.04 Å². The van der Waals surface area contributed by atoms with E-state index in [1.54, 1.807) is 0 Å². The molecule has 0 spiro atoms. The molecule has 14 heavy (non-hydrogen) atoms. The monoisotopic (exact) mass is 191 g/mol. The van der Waals surface area contributed by atoms with Gasteiger partial charge in [0.25, 0.3) is 0 Å². The third-order valence-corrected chi connectivity index (χ3v) is 2.34. The third-order valence-electron chi connectivity index (χ3n) is 2.34. The van der Waals surface area contributed by atoms with Crippen molar-refractivity contribution in [3.05, 3.63) is 35.4 Å². The maximum Gasteiger partial charge on any atom is 0.0299 e. The van der Waals surface area contributed by atoms with Crippen LogP contribution >= 0.6 is 0 Å². The van der Waals surface area contributed by atoms with E-state index >= 15 is 0 Å². The summed E-state index contributed by atoms with van der Waals surface area (Å²) in [5.74, 6) is 0. The number of benzene rings is 1. The Kier molecular flexibility index (Phi) is 3.33. The number of hydrogen-bond donors (Lipinski definition) is 1. The molecule has 0 aliphatic heterocycles. The molecule has 0 amide bonds. The SMILES string of the molecule is Cc1ccc(C(N)CC(C)(C)C)cc1. The average Bonchev–Trinajstić information content (AvgIpc) is 2.02. The van der Waals surface area contributed by atoms with Gasteiger partial charge in [-0.15, -0.1) is 0 Å². The molecule has 0 fully saturated rings. The second-order valence-corrected chi connectivity index (χ2v) is 5.28. The van der Waals surface area contributed by atoms with Gasteiger partial charge in [-0.3, -0.25) is 0 Å². The van der Waals surface area contributed by atoms with Gasteiger partial charge in [0.15, 0.2) is 0 Å². The molecular weight excluding hydrogens is 170 g/mol. The topological polar surface area (TPSA) is 26.0 Å². The van der Waals surface area contributed by atoms with E-state index in [0.717, 1.165) is 6.42 Å². The Bertz CT molecular complexity index is 279. The van der Waals surface area contributed by atoms with Crippen LogP contribution in [0.4, 0.5) is 0 Å². The maximum absolute atomic E-state index is 6.13. The molecule has 0 aliphatic carbocycles. The molecule has 0 aromatic heterocycles. The summed E-state index contributed by atoms with van der Waals surface area (Å²) in [6.45, 7) is 8.77. The van der Waals surface area contributed by atoms with Gasteiger partial charge in [-0.1, -0.05) is 50.6 Å². The van der Waals surface area contributed by atoms with Gasteiger partial charge in [-0.05, 0) is 24.3 Å². The molecule has 0 radical (unpaired) electrons. The highest BCUT2D eigenvalue weighted by Crippen LogP contribution is 2.27. The van der Waals surface area contributed by atoms with Crippen molar-refractivity contribution in [1.82, 2.24) is 0 Å². The minimum atomic E-state index is 0.163. The predicted octanol–water partition coefficient (Wildman–Crippen LogP) is 3.43. The van der Waals surface area contributed by atoms with Crippen molar-refractivity contribution in [1.29, 1.82) is 0 Å². The summed E-state index contributed by atoms with van der Waals surface area (Å²) < 4.78 is 0. The zero-order valence-electron chi connectivity index (χ0n) is 9.67. The van der Waals surface area contributed by atoms with Gasteiger partial charge >= 0.3 is 0 Å². The molecular formula is C13H21N. The summed E-state index contributed by atoms with van der Waals surface area (Å²) in [4.78, 5) is 0. The Balaban J connectivity index is 2.70. The summed E-state index contributed by atoms with van der Waals surface area (Å²) in [6, 6.07) is 8.67. The largest absolute Gasteiger partial charge is 0.324 e. The summed E-state index contributed by atoms with van der Waals surface area (Å²) in [7, 11) is 0. The Hall–Kier alpha value is -0.820. The highest BCUT2D eigenvalue weighted by Gasteiger charge is 2.16. The quantitative estimate of drug-likeness (QED) is 0.761. The van der Waals surface area contributed by atoms with Crippen LogP contribution in [0, 0.1) is 12.3 Å². The molecule has 2 N–H and O–H groups in total. The van der Waals surface area contributed by atoms with E-state index in [4.69, 9.17) is 5.73 Å². The van der Waals surface area contributed by atoms with Crippen molar-refractivity contribution in [3.63, 3.8) is 0 Å². The molecule has 1 aromatic carbocycles. The summed E-state index contributed by atoms with van der Waals surface area (Å²) in [5, 5.41) is 0. The summed E-state index contributed by atoms with van der Waals surface area (Å²) in [5.41, 5.74) is 8.96. The predicted molar refractivity (Wildman–Crippen MR) is 62.2 cm³/mol. The lowest BCUT2D eigenvalue weighted by molar-refractivity contribution is 0.343. The van der Waals surface area contributed by atoms with Crippen LogP contribution in [0.25, 0.3) is 0 Å². The molecule has 0 bridgehead atoms. The molecule has 78 valence electrons. The van der Waals surface area contributed by atoms with Gasteiger partial charge in [0.2, 0.25) is 0 Å². The highest BCUT2D eigenvalue weighted by atomic mass is 14.6. The van der Waals surface area contributed by atoms with Crippen LogP contribution in [-0.2, 0) is 0 Å². The molecule has 0 heterocycles. The summed E-state index contributed by atoms with van der Waals surface area (Å²) >= 11 is 0. The van der Waals surface area contributed by atoms with Gasteiger partial charge in [0.1, 0.15) is 0 Å². The smallest absolute Gasteiger partial charge is 0.0299 e. The van der Waals surface area contributed by atoms with Gasteiger partial charge in [-0.25, -0.2) is 0 Å². The second-order valence-electron chi connectivity index (χ2n) is 5.28. The maximum atomic E-state index is 6.13. The van der Waals surface area contributed by atoms with Crippen molar-refractivity contribution >= 4 is 0 Å². The van der Waals surface area contributed by atoms with Crippen LogP contribution < -0.4 is 5.73 Å². The zero-order valence-corrected chi connectivity index (χ0v) is 9.67. The molecule has 1 atom stereocenters. The van der Waals surface area contributed by atoms with E-state index in [0.29, 0.717) is 5.41 Å². The first-order valence-electron chi connectivity index (χ1n) is 5.21. The fourth-order valence-electron chi connectivity index (χ4n) is 1.59. The fourth-order valence-corrected chi connectivity index (χ4v) is 1.59. The third kappa shape index (κ3) is 3.51. The number of rotatable bonds is 2. The standard InChI is InChI=1S/C13H21N/c1-10-5-7-11(8-6-10)12(14)9-13(2,3)4/h5-8,12H,9,14H2,1-4H3. The minimum absolute atomic E-state index is 0.163.